The maximum Gasteiger partial charge on any atom is 0.189 e. The van der Waals surface area contributed by atoms with E-state index in [0.717, 1.165) is 0 Å². The van der Waals surface area contributed by atoms with E-state index in [4.69, 9.17) is 32.7 Å². The number of ether oxygens (including phenoxy) is 2. The zero-order valence-corrected chi connectivity index (χ0v) is 18.1. The summed E-state index contributed by atoms with van der Waals surface area (Å²) in [5.41, 5.74) is 2.03. The predicted octanol–water partition coefficient (Wildman–Crippen LogP) is 5.80. The number of anilines is 2. The van der Waals surface area contributed by atoms with Crippen molar-refractivity contribution in [3.8, 4) is 28.8 Å². The third-order valence-electron chi connectivity index (χ3n) is 4.02. The Kier molecular flexibility index (Phi) is 6.70. The summed E-state index contributed by atoms with van der Waals surface area (Å²) in [4.78, 5) is 8.99. The third-order valence-corrected chi connectivity index (χ3v) is 5.12. The second-order valence-corrected chi connectivity index (χ2v) is 7.33. The average Bonchev–Trinajstić information content (AvgIpc) is 2.74. The highest BCUT2D eigenvalue weighted by molar-refractivity contribution is 7.98. The van der Waals surface area contributed by atoms with Gasteiger partial charge in [0.25, 0.3) is 0 Å². The van der Waals surface area contributed by atoms with E-state index < -0.39 is 0 Å². The molecule has 29 heavy (non-hydrogen) atoms. The number of nitrogens with zero attached hydrogens (tertiary/aromatic N) is 3. The molecule has 0 fully saturated rings. The number of aromatic nitrogens is 2. The normalized spacial score (nSPS) is 10.3. The minimum Gasteiger partial charge on any atom is -0.493 e. The fraction of sp³-hybridized carbons (Fsp3) is 0.150. The van der Waals surface area contributed by atoms with Crippen LogP contribution in [0.4, 0.5) is 11.5 Å². The third kappa shape index (κ3) is 4.51. The molecule has 3 rings (SSSR count). The van der Waals surface area contributed by atoms with Crippen molar-refractivity contribution >= 4 is 46.5 Å². The first-order valence-corrected chi connectivity index (χ1v) is 10.3. The van der Waals surface area contributed by atoms with E-state index in [2.05, 4.69) is 21.4 Å². The van der Waals surface area contributed by atoms with Crippen LogP contribution in [0.25, 0.3) is 11.3 Å². The molecule has 0 radical (unpaired) electrons. The van der Waals surface area contributed by atoms with Crippen LogP contribution in [-0.2, 0) is 0 Å². The van der Waals surface area contributed by atoms with E-state index >= 15 is 0 Å². The van der Waals surface area contributed by atoms with Crippen LogP contribution < -0.4 is 14.8 Å². The number of nitriles is 1. The molecule has 0 atom stereocenters. The Hall–Kier alpha value is -2.66. The fourth-order valence-corrected chi connectivity index (χ4v) is 3.46. The molecule has 1 aromatic heterocycles. The maximum atomic E-state index is 9.86. The summed E-state index contributed by atoms with van der Waals surface area (Å²) in [5.74, 6) is 1.47. The van der Waals surface area contributed by atoms with Crippen molar-refractivity contribution in [1.29, 1.82) is 5.26 Å². The molecule has 9 heteroatoms. The molecule has 0 spiro atoms. The Morgan fingerprint density at radius 1 is 1.03 bits per heavy atom. The van der Waals surface area contributed by atoms with E-state index in [1.807, 2.05) is 12.3 Å². The molecule has 0 aliphatic heterocycles. The molecule has 0 saturated heterocycles. The molecule has 148 valence electrons. The van der Waals surface area contributed by atoms with E-state index in [1.54, 1.807) is 44.6 Å². The van der Waals surface area contributed by atoms with Crippen molar-refractivity contribution in [2.75, 3.05) is 25.8 Å². The number of benzene rings is 2. The van der Waals surface area contributed by atoms with Crippen molar-refractivity contribution in [3.05, 3.63) is 52.0 Å². The van der Waals surface area contributed by atoms with Crippen LogP contribution in [0.3, 0.4) is 0 Å². The zero-order valence-electron chi connectivity index (χ0n) is 15.8. The summed E-state index contributed by atoms with van der Waals surface area (Å²) >= 11 is 13.6. The standard InChI is InChI=1S/C20H16Cl2N4O2S/c1-27-16-7-4-11(8-17(16)28-2)18-13(10-23)19(26-20(25-18)29-3)24-15-6-5-12(21)9-14(15)22/h4-9H,1-3H3,(H,24,25,26). The summed E-state index contributed by atoms with van der Waals surface area (Å²) in [5, 5.41) is 14.4. The van der Waals surface area contributed by atoms with Crippen molar-refractivity contribution in [1.82, 2.24) is 9.97 Å². The first-order valence-electron chi connectivity index (χ1n) is 8.31. The molecule has 0 unspecified atom stereocenters. The Morgan fingerprint density at radius 2 is 1.79 bits per heavy atom. The highest BCUT2D eigenvalue weighted by Gasteiger charge is 2.18. The quantitative estimate of drug-likeness (QED) is 0.378. The molecule has 0 amide bonds. The van der Waals surface area contributed by atoms with Gasteiger partial charge in [-0.15, -0.1) is 0 Å². The van der Waals surface area contributed by atoms with Crippen LogP contribution in [0, 0.1) is 11.3 Å². The number of hydrogen-bond donors (Lipinski definition) is 1. The van der Waals surface area contributed by atoms with Crippen molar-refractivity contribution in [2.45, 2.75) is 5.16 Å². The lowest BCUT2D eigenvalue weighted by Crippen LogP contribution is -2.04. The van der Waals surface area contributed by atoms with E-state index in [1.165, 1.54) is 11.8 Å². The predicted molar refractivity (Wildman–Crippen MR) is 117 cm³/mol. The second-order valence-electron chi connectivity index (χ2n) is 5.71. The van der Waals surface area contributed by atoms with Gasteiger partial charge in [-0.25, -0.2) is 9.97 Å². The molecule has 6 nitrogen and oxygen atoms in total. The number of nitrogens with one attached hydrogen (secondary N) is 1. The van der Waals surface area contributed by atoms with Gasteiger partial charge >= 0.3 is 0 Å². The number of halogens is 2. The lowest BCUT2D eigenvalue weighted by molar-refractivity contribution is 0.355. The molecule has 3 aromatic rings. The Bertz CT molecular complexity index is 1100. The number of thioether (sulfide) groups is 1. The lowest BCUT2D eigenvalue weighted by Gasteiger charge is -2.14. The molecule has 1 N–H and O–H groups in total. The summed E-state index contributed by atoms with van der Waals surface area (Å²) < 4.78 is 10.7. The number of hydrogen-bond acceptors (Lipinski definition) is 7. The Morgan fingerprint density at radius 3 is 2.41 bits per heavy atom. The van der Waals surface area contributed by atoms with Gasteiger partial charge in [0.1, 0.15) is 11.6 Å². The van der Waals surface area contributed by atoms with Crippen LogP contribution in [0.2, 0.25) is 10.0 Å². The summed E-state index contributed by atoms with van der Waals surface area (Å²) in [6.45, 7) is 0. The number of rotatable bonds is 6. The summed E-state index contributed by atoms with van der Waals surface area (Å²) in [6.07, 6.45) is 1.86. The first-order chi connectivity index (χ1) is 14.0. The lowest BCUT2D eigenvalue weighted by atomic mass is 10.1. The SMILES string of the molecule is COc1ccc(-c2nc(SC)nc(Nc3ccc(Cl)cc3Cl)c2C#N)cc1OC. The van der Waals surface area contributed by atoms with Gasteiger partial charge in [0.15, 0.2) is 22.5 Å². The molecular weight excluding hydrogens is 431 g/mol. The monoisotopic (exact) mass is 446 g/mol. The minimum atomic E-state index is 0.279. The van der Waals surface area contributed by atoms with Crippen LogP contribution in [0.5, 0.6) is 11.5 Å². The van der Waals surface area contributed by atoms with Gasteiger partial charge in [0.05, 0.1) is 30.6 Å². The Balaban J connectivity index is 2.16. The molecule has 0 bridgehead atoms. The second kappa shape index (κ2) is 9.23. The van der Waals surface area contributed by atoms with Gasteiger partial charge in [-0.05, 0) is 42.7 Å². The smallest absolute Gasteiger partial charge is 0.189 e. The highest BCUT2D eigenvalue weighted by Crippen LogP contribution is 2.36. The first kappa shape index (κ1) is 21.1. The minimum absolute atomic E-state index is 0.279. The van der Waals surface area contributed by atoms with Crippen LogP contribution in [0.1, 0.15) is 5.56 Å². The molecule has 1 heterocycles. The summed E-state index contributed by atoms with van der Waals surface area (Å²) in [6, 6.07) is 12.6. The summed E-state index contributed by atoms with van der Waals surface area (Å²) in [7, 11) is 3.11. The van der Waals surface area contributed by atoms with Crippen LogP contribution in [-0.4, -0.2) is 30.4 Å². The molecule has 2 aromatic carbocycles. The van der Waals surface area contributed by atoms with Gasteiger partial charge in [-0.1, -0.05) is 35.0 Å². The average molecular weight is 447 g/mol. The van der Waals surface area contributed by atoms with E-state index in [-0.39, 0.29) is 5.56 Å². The maximum absolute atomic E-state index is 9.86. The topological polar surface area (TPSA) is 80.1 Å². The molecule has 0 saturated carbocycles. The fourth-order valence-electron chi connectivity index (χ4n) is 2.64. The van der Waals surface area contributed by atoms with Crippen LogP contribution in [0.15, 0.2) is 41.6 Å². The van der Waals surface area contributed by atoms with Gasteiger partial charge in [0, 0.05) is 10.6 Å². The van der Waals surface area contributed by atoms with Crippen LogP contribution >= 0.6 is 35.0 Å². The van der Waals surface area contributed by atoms with Crippen molar-refractivity contribution in [2.24, 2.45) is 0 Å². The van der Waals surface area contributed by atoms with Gasteiger partial charge in [-0.3, -0.25) is 0 Å². The van der Waals surface area contributed by atoms with Gasteiger partial charge in [0.2, 0.25) is 0 Å². The van der Waals surface area contributed by atoms with Crippen molar-refractivity contribution in [3.63, 3.8) is 0 Å². The highest BCUT2D eigenvalue weighted by atomic mass is 35.5. The van der Waals surface area contributed by atoms with Gasteiger partial charge in [-0.2, -0.15) is 5.26 Å². The zero-order chi connectivity index (χ0) is 21.0. The molecule has 0 aliphatic carbocycles. The molecule has 0 aliphatic rings. The van der Waals surface area contributed by atoms with Crippen molar-refractivity contribution < 1.29 is 9.47 Å². The Labute approximate surface area is 182 Å². The van der Waals surface area contributed by atoms with E-state index in [0.29, 0.717) is 49.5 Å². The van der Waals surface area contributed by atoms with E-state index in [9.17, 15) is 5.26 Å². The largest absolute Gasteiger partial charge is 0.493 e. The van der Waals surface area contributed by atoms with Gasteiger partial charge < -0.3 is 14.8 Å². The number of methoxy groups -OCH3 is 2. The molecular formula is C20H16Cl2N4O2S.